The minimum Gasteiger partial charge on any atom is -0.390 e. The highest BCUT2D eigenvalue weighted by Gasteiger charge is 2.50. The Morgan fingerprint density at radius 1 is 1.45 bits per heavy atom. The maximum absolute atomic E-state index is 9.27. The first-order valence-electron chi connectivity index (χ1n) is 3.57. The third-order valence-corrected chi connectivity index (χ3v) is 2.11. The number of ether oxygens (including phenoxy) is 2. The molecule has 0 aliphatic carbocycles. The second-order valence-electron chi connectivity index (χ2n) is 3.04. The van der Waals surface area contributed by atoms with E-state index in [-0.39, 0.29) is 13.0 Å². The van der Waals surface area contributed by atoms with Gasteiger partial charge in [0.05, 0.1) is 12.7 Å². The summed E-state index contributed by atoms with van der Waals surface area (Å²) in [6, 6.07) is 0. The molecule has 2 aliphatic rings. The Kier molecular flexibility index (Phi) is 1.45. The number of hydrogen-bond acceptors (Lipinski definition) is 5. The number of fused-ring (bicyclic) bond motifs is 2. The first kappa shape index (κ1) is 7.45. The molecule has 0 amide bonds. The first-order valence-corrected chi connectivity index (χ1v) is 3.57. The van der Waals surface area contributed by atoms with Gasteiger partial charge in [0.15, 0.2) is 0 Å². The Bertz CT molecular complexity index is 176. The summed E-state index contributed by atoms with van der Waals surface area (Å²) in [4.78, 5) is 0. The second-order valence-corrected chi connectivity index (χ2v) is 3.04. The molecule has 5 heteroatoms. The average Bonchev–Trinajstić information content (AvgIpc) is 2.25. The van der Waals surface area contributed by atoms with Gasteiger partial charge >= 0.3 is 0 Å². The Hall–Kier alpha value is -0.200. The standard InChI is InChI=1S/C6H11NO4/c7-6-1-3(8)5(9)4(11-6)2-10-6/h3-5,8-9H,1-2,7H2/t3-,4-,5+,6+/m1/s1. The summed E-state index contributed by atoms with van der Waals surface area (Å²) in [7, 11) is 0. The highest BCUT2D eigenvalue weighted by atomic mass is 16.8. The van der Waals surface area contributed by atoms with Crippen LogP contribution >= 0.6 is 0 Å². The molecule has 0 saturated carbocycles. The molecule has 4 atom stereocenters. The zero-order valence-electron chi connectivity index (χ0n) is 5.93. The van der Waals surface area contributed by atoms with E-state index < -0.39 is 24.2 Å². The zero-order valence-corrected chi connectivity index (χ0v) is 5.93. The van der Waals surface area contributed by atoms with Gasteiger partial charge in [-0.2, -0.15) is 0 Å². The molecule has 2 rings (SSSR count). The lowest BCUT2D eigenvalue weighted by molar-refractivity contribution is -0.233. The molecule has 0 aromatic rings. The molecule has 64 valence electrons. The minimum atomic E-state index is -1.16. The lowest BCUT2D eigenvalue weighted by Crippen LogP contribution is -2.54. The van der Waals surface area contributed by atoms with Crippen molar-refractivity contribution in [3.8, 4) is 0 Å². The lowest BCUT2D eigenvalue weighted by Gasteiger charge is -2.33. The van der Waals surface area contributed by atoms with Gasteiger partial charge in [-0.3, -0.25) is 5.73 Å². The third kappa shape index (κ3) is 1.05. The van der Waals surface area contributed by atoms with Crippen LogP contribution in [0, 0.1) is 0 Å². The van der Waals surface area contributed by atoms with Crippen molar-refractivity contribution in [2.45, 2.75) is 30.6 Å². The number of aliphatic hydroxyl groups is 2. The van der Waals surface area contributed by atoms with Crippen LogP contribution in [0.3, 0.4) is 0 Å². The van der Waals surface area contributed by atoms with E-state index in [4.69, 9.17) is 15.2 Å². The fourth-order valence-electron chi connectivity index (χ4n) is 1.48. The van der Waals surface area contributed by atoms with Gasteiger partial charge in [0, 0.05) is 6.42 Å². The van der Waals surface area contributed by atoms with Crippen LogP contribution < -0.4 is 5.73 Å². The summed E-state index contributed by atoms with van der Waals surface area (Å²) in [5.41, 5.74) is 5.54. The van der Waals surface area contributed by atoms with Crippen molar-refractivity contribution < 1.29 is 19.7 Å². The maximum atomic E-state index is 9.27. The van der Waals surface area contributed by atoms with E-state index in [1.165, 1.54) is 0 Å². The van der Waals surface area contributed by atoms with Gasteiger partial charge in [0.2, 0.25) is 5.91 Å². The Morgan fingerprint density at radius 3 is 2.91 bits per heavy atom. The Balaban J connectivity index is 2.17. The molecule has 0 aromatic carbocycles. The molecule has 4 N–H and O–H groups in total. The average molecular weight is 161 g/mol. The van der Waals surface area contributed by atoms with Crippen molar-refractivity contribution >= 4 is 0 Å². The summed E-state index contributed by atoms with van der Waals surface area (Å²) in [5.74, 6) is -1.16. The SMILES string of the molecule is N[C@@]12C[C@@H](O)[C@H](O)[C@@H](CO1)O2. The highest BCUT2D eigenvalue weighted by molar-refractivity contribution is 4.91. The Morgan fingerprint density at radius 2 is 2.18 bits per heavy atom. The van der Waals surface area contributed by atoms with Gasteiger partial charge in [-0.15, -0.1) is 0 Å². The summed E-state index contributed by atoms with van der Waals surface area (Å²) in [6.45, 7) is 0.259. The van der Waals surface area contributed by atoms with E-state index in [9.17, 15) is 10.2 Å². The number of rotatable bonds is 0. The monoisotopic (exact) mass is 161 g/mol. The van der Waals surface area contributed by atoms with Gasteiger partial charge in [-0.05, 0) is 0 Å². The van der Waals surface area contributed by atoms with E-state index in [0.717, 1.165) is 0 Å². The number of aliphatic hydroxyl groups excluding tert-OH is 2. The van der Waals surface area contributed by atoms with E-state index in [1.807, 2.05) is 0 Å². The smallest absolute Gasteiger partial charge is 0.227 e. The van der Waals surface area contributed by atoms with E-state index in [2.05, 4.69) is 0 Å². The molecule has 0 unspecified atom stereocenters. The van der Waals surface area contributed by atoms with Gasteiger partial charge in [-0.25, -0.2) is 0 Å². The third-order valence-electron chi connectivity index (χ3n) is 2.11. The maximum Gasteiger partial charge on any atom is 0.227 e. The van der Waals surface area contributed by atoms with E-state index >= 15 is 0 Å². The largest absolute Gasteiger partial charge is 0.390 e. The van der Waals surface area contributed by atoms with Crippen molar-refractivity contribution in [2.24, 2.45) is 5.73 Å². The molecule has 2 saturated heterocycles. The van der Waals surface area contributed by atoms with Gasteiger partial charge in [-0.1, -0.05) is 0 Å². The van der Waals surface area contributed by atoms with Crippen LogP contribution in [0.1, 0.15) is 6.42 Å². The molecular weight excluding hydrogens is 150 g/mol. The van der Waals surface area contributed by atoms with Crippen molar-refractivity contribution in [2.75, 3.05) is 6.61 Å². The fraction of sp³-hybridized carbons (Fsp3) is 1.00. The van der Waals surface area contributed by atoms with Crippen LogP contribution in [-0.4, -0.2) is 41.0 Å². The van der Waals surface area contributed by atoms with Crippen LogP contribution in [-0.2, 0) is 9.47 Å². The lowest BCUT2D eigenvalue weighted by atomic mass is 10.0. The highest BCUT2D eigenvalue weighted by Crippen LogP contribution is 2.32. The van der Waals surface area contributed by atoms with Crippen molar-refractivity contribution in [3.05, 3.63) is 0 Å². The van der Waals surface area contributed by atoms with Crippen molar-refractivity contribution in [1.82, 2.24) is 0 Å². The number of nitrogens with two attached hydrogens (primary N) is 1. The summed E-state index contributed by atoms with van der Waals surface area (Å²) >= 11 is 0. The summed E-state index contributed by atoms with van der Waals surface area (Å²) in [6.07, 6.45) is -2.04. The quantitative estimate of drug-likeness (QED) is 0.388. The predicted molar refractivity (Wildman–Crippen MR) is 34.4 cm³/mol. The molecule has 11 heavy (non-hydrogen) atoms. The summed E-state index contributed by atoms with van der Waals surface area (Å²) < 4.78 is 10.2. The van der Waals surface area contributed by atoms with Gasteiger partial charge in [0.1, 0.15) is 12.2 Å². The van der Waals surface area contributed by atoms with Gasteiger partial charge in [0.25, 0.3) is 0 Å². The van der Waals surface area contributed by atoms with Crippen LogP contribution in [0.2, 0.25) is 0 Å². The molecule has 0 spiro atoms. The van der Waals surface area contributed by atoms with E-state index in [0.29, 0.717) is 0 Å². The predicted octanol–water partition coefficient (Wildman–Crippen LogP) is -1.86. The van der Waals surface area contributed by atoms with Crippen molar-refractivity contribution in [1.29, 1.82) is 0 Å². The normalized spacial score (nSPS) is 56.5. The van der Waals surface area contributed by atoms with Gasteiger partial charge < -0.3 is 19.7 Å². The first-order chi connectivity index (χ1) is 5.11. The van der Waals surface area contributed by atoms with E-state index in [1.54, 1.807) is 0 Å². The fourth-order valence-corrected chi connectivity index (χ4v) is 1.48. The second kappa shape index (κ2) is 2.15. The van der Waals surface area contributed by atoms with Crippen LogP contribution in [0.5, 0.6) is 0 Å². The minimum absolute atomic E-state index is 0.130. The molecule has 2 bridgehead atoms. The molecule has 5 nitrogen and oxygen atoms in total. The molecular formula is C6H11NO4. The molecule has 2 fully saturated rings. The molecule has 0 radical (unpaired) electrons. The topological polar surface area (TPSA) is 84.9 Å². The summed E-state index contributed by atoms with van der Waals surface area (Å²) in [5, 5.41) is 18.5. The van der Waals surface area contributed by atoms with Crippen LogP contribution in [0.25, 0.3) is 0 Å². The molecule has 2 aliphatic heterocycles. The molecule has 0 aromatic heterocycles. The zero-order chi connectivity index (χ0) is 8.06. The van der Waals surface area contributed by atoms with Crippen LogP contribution in [0.15, 0.2) is 0 Å². The molecule has 2 heterocycles. The Labute approximate surface area is 63.7 Å². The van der Waals surface area contributed by atoms with Crippen molar-refractivity contribution in [3.63, 3.8) is 0 Å². The number of hydrogen-bond donors (Lipinski definition) is 3. The van der Waals surface area contributed by atoms with Crippen LogP contribution in [0.4, 0.5) is 0 Å².